The van der Waals surface area contributed by atoms with Gasteiger partial charge in [0.05, 0.1) is 6.26 Å². The van der Waals surface area contributed by atoms with Gasteiger partial charge in [-0.05, 0) is 71.9 Å². The zero-order chi connectivity index (χ0) is 37.5. The topological polar surface area (TPSA) is 101 Å². The summed E-state index contributed by atoms with van der Waals surface area (Å²) in [6.45, 7) is 12.3. The minimum absolute atomic E-state index is 0.0746. The number of hydrogen-bond acceptors (Lipinski definition) is 6. The van der Waals surface area contributed by atoms with Crippen molar-refractivity contribution >= 4 is 63.8 Å². The number of nitrogens with one attached hydrogen (secondary N) is 2. The monoisotopic (exact) mass is 774 g/mol. The first-order valence-electron chi connectivity index (χ1n) is 17.3. The van der Waals surface area contributed by atoms with Crippen molar-refractivity contribution in [3.8, 4) is 11.3 Å². The minimum Gasteiger partial charge on any atom is -0.416 e. The van der Waals surface area contributed by atoms with Gasteiger partial charge in [-0.25, -0.2) is 18.2 Å². The SMILES string of the molecule is CC(C)(C)[Si](C)(C)OCCc1ccc(N(CCC(c2ccccc2)c2ccccc2)C(=O)Nc2nc(-c3ccc(NS(C)(=O)=O)cc3)c(Cl)s2)cc1. The molecule has 0 spiro atoms. The number of anilines is 3. The fourth-order valence-corrected chi connectivity index (χ4v) is 8.27. The van der Waals surface area contributed by atoms with E-state index in [9.17, 15) is 13.2 Å². The molecule has 5 rings (SSSR count). The third-order valence-corrected chi connectivity index (χ3v) is 15.8. The molecule has 1 heterocycles. The van der Waals surface area contributed by atoms with E-state index in [4.69, 9.17) is 16.0 Å². The van der Waals surface area contributed by atoms with Crippen LogP contribution in [0.4, 0.5) is 21.3 Å². The van der Waals surface area contributed by atoms with Gasteiger partial charge in [-0.3, -0.25) is 14.9 Å². The number of hydrogen-bond donors (Lipinski definition) is 2. The molecular formula is C40H47ClN4O4S2Si. The first kappa shape index (κ1) is 39.2. The van der Waals surface area contributed by atoms with Crippen molar-refractivity contribution in [2.24, 2.45) is 0 Å². The Morgan fingerprint density at radius 3 is 2.02 bits per heavy atom. The largest absolute Gasteiger partial charge is 0.416 e. The number of sulfonamides is 1. The molecule has 0 fully saturated rings. The molecule has 0 aliphatic carbocycles. The van der Waals surface area contributed by atoms with Crippen LogP contribution in [0.3, 0.4) is 0 Å². The minimum atomic E-state index is -3.41. The maximum atomic E-state index is 14.2. The third kappa shape index (κ3) is 10.5. The van der Waals surface area contributed by atoms with Gasteiger partial charge < -0.3 is 4.43 Å². The van der Waals surface area contributed by atoms with Crippen molar-refractivity contribution in [2.75, 3.05) is 34.3 Å². The molecule has 0 saturated heterocycles. The summed E-state index contributed by atoms with van der Waals surface area (Å²) in [7, 11) is -5.26. The zero-order valence-corrected chi connectivity index (χ0v) is 33.9. The lowest BCUT2D eigenvalue weighted by Crippen LogP contribution is -2.41. The van der Waals surface area contributed by atoms with Crippen LogP contribution in [0, 0.1) is 0 Å². The average molecular weight is 776 g/mol. The van der Waals surface area contributed by atoms with Crippen molar-refractivity contribution in [2.45, 2.75) is 57.7 Å². The van der Waals surface area contributed by atoms with E-state index >= 15 is 0 Å². The second-order valence-corrected chi connectivity index (χ2v) is 22.5. The first-order valence-corrected chi connectivity index (χ1v) is 23.2. The first-order chi connectivity index (χ1) is 24.6. The van der Waals surface area contributed by atoms with Crippen LogP contribution in [-0.2, 0) is 20.9 Å². The van der Waals surface area contributed by atoms with Crippen molar-refractivity contribution in [3.05, 3.63) is 130 Å². The molecule has 12 heteroatoms. The molecule has 4 aromatic carbocycles. The van der Waals surface area contributed by atoms with Gasteiger partial charge in [0.15, 0.2) is 13.4 Å². The summed E-state index contributed by atoms with van der Waals surface area (Å²) >= 11 is 7.80. The second kappa shape index (κ2) is 16.8. The van der Waals surface area contributed by atoms with Crippen molar-refractivity contribution in [1.29, 1.82) is 0 Å². The molecule has 0 saturated carbocycles. The number of aromatic nitrogens is 1. The molecule has 2 amide bonds. The van der Waals surface area contributed by atoms with Gasteiger partial charge in [0.1, 0.15) is 10.0 Å². The molecule has 0 unspecified atom stereocenters. The summed E-state index contributed by atoms with van der Waals surface area (Å²) in [5.74, 6) is 0.0746. The van der Waals surface area contributed by atoms with Gasteiger partial charge in [0.2, 0.25) is 10.0 Å². The maximum absolute atomic E-state index is 14.2. The Labute approximate surface area is 318 Å². The Morgan fingerprint density at radius 1 is 0.904 bits per heavy atom. The summed E-state index contributed by atoms with van der Waals surface area (Å²) in [6.07, 6.45) is 2.57. The molecular weight excluding hydrogens is 728 g/mol. The number of benzene rings is 4. The fraction of sp³-hybridized carbons (Fsp3) is 0.300. The number of carbonyl (C=O) groups excluding carboxylic acids is 1. The number of nitrogens with zero attached hydrogens (tertiary/aromatic N) is 2. The number of carbonyl (C=O) groups is 1. The van der Waals surface area contributed by atoms with Crippen molar-refractivity contribution < 1.29 is 17.6 Å². The predicted octanol–water partition coefficient (Wildman–Crippen LogP) is 10.7. The Balaban J connectivity index is 1.37. The highest BCUT2D eigenvalue weighted by Crippen LogP contribution is 2.38. The predicted molar refractivity (Wildman–Crippen MR) is 220 cm³/mol. The lowest BCUT2D eigenvalue weighted by atomic mass is 9.88. The van der Waals surface area contributed by atoms with Gasteiger partial charge in [0, 0.05) is 36.0 Å². The summed E-state index contributed by atoms with van der Waals surface area (Å²) in [6, 6.07) is 35.3. The van der Waals surface area contributed by atoms with Crippen LogP contribution in [0.25, 0.3) is 11.3 Å². The summed E-state index contributed by atoms with van der Waals surface area (Å²) in [4.78, 5) is 20.6. The highest BCUT2D eigenvalue weighted by atomic mass is 35.5. The molecule has 0 aliphatic heterocycles. The van der Waals surface area contributed by atoms with E-state index in [0.29, 0.717) is 46.0 Å². The van der Waals surface area contributed by atoms with Crippen molar-refractivity contribution in [1.82, 2.24) is 4.98 Å². The molecule has 5 aromatic rings. The van der Waals surface area contributed by atoms with Crippen LogP contribution in [0.2, 0.25) is 22.5 Å². The van der Waals surface area contributed by atoms with Crippen LogP contribution < -0.4 is 14.9 Å². The standard InChI is InChI=1S/C40H47ClN4O4S2Si/c1-40(2,3)52(5,6)49-28-26-29-17-23-34(24-18-29)45(27-25-35(30-13-9-7-10-14-30)31-15-11-8-12-16-31)39(46)43-38-42-36(37(41)50-38)32-19-21-33(22-20-32)44-51(4,47)48/h7-24,35,44H,25-28H2,1-6H3,(H,42,43,46). The molecule has 0 radical (unpaired) electrons. The molecule has 0 bridgehead atoms. The molecule has 52 heavy (non-hydrogen) atoms. The molecule has 274 valence electrons. The fourth-order valence-electron chi connectivity index (χ4n) is 5.59. The van der Waals surface area contributed by atoms with Gasteiger partial charge in [-0.1, -0.05) is 129 Å². The highest BCUT2D eigenvalue weighted by molar-refractivity contribution is 7.92. The maximum Gasteiger partial charge on any atom is 0.328 e. The Bertz CT molecular complexity index is 2000. The highest BCUT2D eigenvalue weighted by Gasteiger charge is 2.36. The number of halogens is 1. The third-order valence-electron chi connectivity index (χ3n) is 9.46. The van der Waals surface area contributed by atoms with E-state index < -0.39 is 18.3 Å². The molecule has 1 aromatic heterocycles. The Morgan fingerprint density at radius 2 is 1.48 bits per heavy atom. The van der Waals surface area contributed by atoms with E-state index in [0.717, 1.165) is 23.9 Å². The number of urea groups is 1. The van der Waals surface area contributed by atoms with E-state index in [2.05, 4.69) is 85.3 Å². The van der Waals surface area contributed by atoms with Crippen LogP contribution >= 0.6 is 22.9 Å². The lowest BCUT2D eigenvalue weighted by Gasteiger charge is -2.36. The van der Waals surface area contributed by atoms with Crippen molar-refractivity contribution in [3.63, 3.8) is 0 Å². The van der Waals surface area contributed by atoms with Gasteiger partial charge in [-0.2, -0.15) is 0 Å². The summed E-state index contributed by atoms with van der Waals surface area (Å²) < 4.78 is 32.5. The summed E-state index contributed by atoms with van der Waals surface area (Å²) in [5, 5.41) is 3.50. The van der Waals surface area contributed by atoms with Crippen LogP contribution in [0.15, 0.2) is 109 Å². The van der Waals surface area contributed by atoms with Gasteiger partial charge >= 0.3 is 6.03 Å². The lowest BCUT2D eigenvalue weighted by molar-refractivity contribution is 0.256. The molecule has 0 atom stereocenters. The summed E-state index contributed by atoms with van der Waals surface area (Å²) in [5.41, 5.74) is 5.89. The van der Waals surface area contributed by atoms with Crippen LogP contribution in [0.5, 0.6) is 0 Å². The van der Waals surface area contributed by atoms with E-state index in [-0.39, 0.29) is 17.0 Å². The van der Waals surface area contributed by atoms with Crippen LogP contribution in [-0.4, -0.2) is 47.2 Å². The average Bonchev–Trinajstić information content (AvgIpc) is 3.46. The number of amides is 2. The second-order valence-electron chi connectivity index (χ2n) is 14.4. The number of rotatable bonds is 14. The van der Waals surface area contributed by atoms with Gasteiger partial charge in [0.25, 0.3) is 0 Å². The zero-order valence-electron chi connectivity index (χ0n) is 30.5. The number of thiazole rings is 1. The van der Waals surface area contributed by atoms with E-state index in [1.807, 2.05) is 48.5 Å². The molecule has 0 aliphatic rings. The molecule has 8 nitrogen and oxygen atoms in total. The molecule has 2 N–H and O–H groups in total. The van der Waals surface area contributed by atoms with Gasteiger partial charge in [-0.15, -0.1) is 0 Å². The Kier molecular flexibility index (Phi) is 12.6. The smallest absolute Gasteiger partial charge is 0.328 e. The van der Waals surface area contributed by atoms with E-state index in [1.165, 1.54) is 22.5 Å². The van der Waals surface area contributed by atoms with Crippen LogP contribution in [0.1, 0.15) is 49.8 Å². The Hall–Kier alpha value is -4.00. The van der Waals surface area contributed by atoms with E-state index in [1.54, 1.807) is 29.2 Å². The quantitative estimate of drug-likeness (QED) is 0.109. The normalized spacial score (nSPS) is 12.2.